The van der Waals surface area contributed by atoms with E-state index in [0.29, 0.717) is 5.76 Å². The first-order valence-electron chi connectivity index (χ1n) is 9.26. The summed E-state index contributed by atoms with van der Waals surface area (Å²) >= 11 is 0. The van der Waals surface area contributed by atoms with Crippen molar-refractivity contribution in [1.82, 2.24) is 4.90 Å². The second kappa shape index (κ2) is 5.32. The third kappa shape index (κ3) is 1.83. The highest BCUT2D eigenvalue weighted by atomic mass is 16.5. The van der Waals surface area contributed by atoms with Crippen LogP contribution in [0.1, 0.15) is 25.6 Å². The number of nitrogens with zero attached hydrogens (tertiary/aromatic N) is 1. The second-order valence-corrected chi connectivity index (χ2v) is 7.95. The van der Waals surface area contributed by atoms with Gasteiger partial charge in [0.05, 0.1) is 37.5 Å². The van der Waals surface area contributed by atoms with Gasteiger partial charge in [0.15, 0.2) is 0 Å². The Morgan fingerprint density at radius 1 is 1.26 bits per heavy atom. The first-order valence-corrected chi connectivity index (χ1v) is 9.26. The van der Waals surface area contributed by atoms with Crippen molar-refractivity contribution in [1.29, 1.82) is 0 Å². The minimum Gasteiger partial charge on any atom is -0.469 e. The molecule has 1 spiro atoms. The van der Waals surface area contributed by atoms with Crippen LogP contribution in [0.25, 0.3) is 0 Å². The fraction of sp³-hybridized carbons (Fsp3) is 0.550. The van der Waals surface area contributed by atoms with Crippen molar-refractivity contribution >= 4 is 17.7 Å². The van der Waals surface area contributed by atoms with Crippen LogP contribution in [0.15, 0.2) is 35.0 Å². The summed E-state index contributed by atoms with van der Waals surface area (Å²) in [6.45, 7) is 3.67. The highest BCUT2D eigenvalue weighted by Gasteiger charge is 2.75. The smallest absolute Gasteiger partial charge is 0.312 e. The number of hydrogen-bond acceptors (Lipinski definition) is 6. The summed E-state index contributed by atoms with van der Waals surface area (Å²) < 4.78 is 16.8. The SMILES string of the molecule is COC(=O)[C@H]1[C@H]2C=C[C@@]3(O2)[C@@H]2[C@H](C)C(=O)[C@@H](C)[C@@H](c4ccco4)N2C(=O)[C@@H]13. The molecule has 142 valence electrons. The number of esters is 1. The number of fused-ring (bicyclic) bond motifs is 2. The van der Waals surface area contributed by atoms with Crippen LogP contribution >= 0.6 is 0 Å². The van der Waals surface area contributed by atoms with Gasteiger partial charge >= 0.3 is 5.97 Å². The Morgan fingerprint density at radius 2 is 2.04 bits per heavy atom. The van der Waals surface area contributed by atoms with Crippen molar-refractivity contribution in [3.8, 4) is 0 Å². The van der Waals surface area contributed by atoms with E-state index in [4.69, 9.17) is 13.9 Å². The maximum Gasteiger partial charge on any atom is 0.312 e. The number of amides is 1. The molecular formula is C20H21NO6. The highest BCUT2D eigenvalue weighted by molar-refractivity contribution is 5.96. The monoisotopic (exact) mass is 371 g/mol. The number of ketones is 1. The molecule has 7 nitrogen and oxygen atoms in total. The van der Waals surface area contributed by atoms with Gasteiger partial charge < -0.3 is 18.8 Å². The van der Waals surface area contributed by atoms with Crippen molar-refractivity contribution in [2.45, 2.75) is 37.6 Å². The van der Waals surface area contributed by atoms with Crippen LogP contribution in [0.2, 0.25) is 0 Å². The van der Waals surface area contributed by atoms with Gasteiger partial charge in [-0.05, 0) is 12.1 Å². The molecular weight excluding hydrogens is 350 g/mol. The molecule has 4 aliphatic heterocycles. The Labute approximate surface area is 156 Å². The number of piperidine rings is 1. The van der Waals surface area contributed by atoms with E-state index in [2.05, 4.69) is 0 Å². The summed E-state index contributed by atoms with van der Waals surface area (Å²) in [5, 5.41) is 0. The first kappa shape index (κ1) is 16.7. The van der Waals surface area contributed by atoms with Gasteiger partial charge in [-0.2, -0.15) is 0 Å². The Hall–Kier alpha value is -2.41. The van der Waals surface area contributed by atoms with Gasteiger partial charge in [-0.15, -0.1) is 0 Å². The molecule has 1 aromatic rings. The van der Waals surface area contributed by atoms with Crippen molar-refractivity contribution in [2.75, 3.05) is 7.11 Å². The minimum atomic E-state index is -0.972. The minimum absolute atomic E-state index is 0.0717. The molecule has 0 N–H and O–H groups in total. The lowest BCUT2D eigenvalue weighted by Crippen LogP contribution is -2.58. The molecule has 0 aromatic carbocycles. The molecule has 27 heavy (non-hydrogen) atoms. The van der Waals surface area contributed by atoms with E-state index < -0.39 is 53.4 Å². The fourth-order valence-corrected chi connectivity index (χ4v) is 5.77. The third-order valence-electron chi connectivity index (χ3n) is 6.82. The van der Waals surface area contributed by atoms with Gasteiger partial charge in [0.1, 0.15) is 23.1 Å². The van der Waals surface area contributed by atoms with E-state index in [0.717, 1.165) is 0 Å². The van der Waals surface area contributed by atoms with E-state index in [1.165, 1.54) is 7.11 Å². The maximum atomic E-state index is 13.6. The second-order valence-electron chi connectivity index (χ2n) is 7.95. The number of ether oxygens (including phenoxy) is 2. The quantitative estimate of drug-likeness (QED) is 0.578. The molecule has 4 aliphatic rings. The Bertz CT molecular complexity index is 860. The van der Waals surface area contributed by atoms with Crippen molar-refractivity contribution < 1.29 is 28.3 Å². The lowest BCUT2D eigenvalue weighted by atomic mass is 9.69. The van der Waals surface area contributed by atoms with E-state index >= 15 is 0 Å². The van der Waals surface area contributed by atoms with Gasteiger partial charge in [-0.3, -0.25) is 14.4 Å². The molecule has 0 aliphatic carbocycles. The standard InChI is InChI=1S/C20H21NO6/c1-9-15(12-5-4-8-26-12)21-17(10(2)16(9)22)20-7-6-11(27-20)13(19(24)25-3)14(20)18(21)23/h4-11,13-15,17H,1-3H3/t9-,10+,11+,13-,14+,15-,17-,20-/m0/s1. The lowest BCUT2D eigenvalue weighted by Gasteiger charge is -2.46. The molecule has 3 saturated heterocycles. The number of carbonyl (C=O) groups is 3. The summed E-state index contributed by atoms with van der Waals surface area (Å²) in [5.74, 6) is -2.15. The number of rotatable bonds is 2. The van der Waals surface area contributed by atoms with Crippen LogP contribution in [0.4, 0.5) is 0 Å². The average molecular weight is 371 g/mol. The van der Waals surface area contributed by atoms with Gasteiger partial charge in [-0.1, -0.05) is 26.0 Å². The predicted molar refractivity (Wildman–Crippen MR) is 91.2 cm³/mol. The largest absolute Gasteiger partial charge is 0.469 e. The topological polar surface area (TPSA) is 86.1 Å². The van der Waals surface area contributed by atoms with Crippen LogP contribution in [0, 0.1) is 23.7 Å². The molecule has 5 heterocycles. The summed E-state index contributed by atoms with van der Waals surface area (Å²) in [5.41, 5.74) is -0.972. The van der Waals surface area contributed by atoms with Crippen LogP contribution in [-0.2, 0) is 23.9 Å². The zero-order valence-electron chi connectivity index (χ0n) is 15.3. The number of methoxy groups -OCH3 is 1. The van der Waals surface area contributed by atoms with Gasteiger partial charge in [-0.25, -0.2) is 0 Å². The van der Waals surface area contributed by atoms with Gasteiger partial charge in [0.25, 0.3) is 0 Å². The summed E-state index contributed by atoms with van der Waals surface area (Å²) in [6.07, 6.45) is 4.76. The molecule has 0 radical (unpaired) electrons. The summed E-state index contributed by atoms with van der Waals surface area (Å²) in [4.78, 5) is 40.8. The number of carbonyl (C=O) groups excluding carboxylic acids is 3. The number of Topliss-reactive ketones (excluding diaryl/α,β-unsaturated/α-hetero) is 1. The van der Waals surface area contributed by atoms with Crippen molar-refractivity contribution in [3.63, 3.8) is 0 Å². The zero-order chi connectivity index (χ0) is 19.1. The van der Waals surface area contributed by atoms with Crippen LogP contribution in [0.5, 0.6) is 0 Å². The normalized spacial score (nSPS) is 44.6. The van der Waals surface area contributed by atoms with Gasteiger partial charge in [0.2, 0.25) is 5.91 Å². The van der Waals surface area contributed by atoms with E-state index in [1.54, 1.807) is 23.3 Å². The summed E-state index contributed by atoms with van der Waals surface area (Å²) in [7, 11) is 1.32. The van der Waals surface area contributed by atoms with E-state index in [9.17, 15) is 14.4 Å². The van der Waals surface area contributed by atoms with Crippen LogP contribution in [0.3, 0.4) is 0 Å². The molecule has 8 atom stereocenters. The molecule has 1 aromatic heterocycles. The van der Waals surface area contributed by atoms with Crippen molar-refractivity contribution in [2.24, 2.45) is 23.7 Å². The first-order chi connectivity index (χ1) is 12.9. The number of hydrogen-bond donors (Lipinski definition) is 0. The Kier molecular flexibility index (Phi) is 3.30. The van der Waals surface area contributed by atoms with E-state index in [1.807, 2.05) is 26.0 Å². The van der Waals surface area contributed by atoms with Crippen molar-refractivity contribution in [3.05, 3.63) is 36.3 Å². The molecule has 0 unspecified atom stereocenters. The molecule has 2 bridgehead atoms. The Morgan fingerprint density at radius 3 is 2.70 bits per heavy atom. The molecule has 0 saturated carbocycles. The average Bonchev–Trinajstić information content (AvgIpc) is 3.42. The number of furan rings is 1. The fourth-order valence-electron chi connectivity index (χ4n) is 5.77. The molecule has 7 heteroatoms. The lowest BCUT2D eigenvalue weighted by molar-refractivity contribution is -0.157. The summed E-state index contributed by atoms with van der Waals surface area (Å²) in [6, 6.07) is 2.56. The maximum absolute atomic E-state index is 13.6. The van der Waals surface area contributed by atoms with Gasteiger partial charge in [0, 0.05) is 11.8 Å². The molecule has 1 amide bonds. The molecule has 5 rings (SSSR count). The molecule has 3 fully saturated rings. The van der Waals surface area contributed by atoms with Crippen LogP contribution in [-0.4, -0.2) is 47.4 Å². The highest BCUT2D eigenvalue weighted by Crippen LogP contribution is 2.60. The third-order valence-corrected chi connectivity index (χ3v) is 6.82. The zero-order valence-corrected chi connectivity index (χ0v) is 15.3. The Balaban J connectivity index is 1.67. The predicted octanol–water partition coefficient (Wildman–Crippen LogP) is 1.50. The van der Waals surface area contributed by atoms with Crippen LogP contribution < -0.4 is 0 Å². The van der Waals surface area contributed by atoms with E-state index in [-0.39, 0.29) is 11.7 Å².